The van der Waals surface area contributed by atoms with Gasteiger partial charge < -0.3 is 11.5 Å². The van der Waals surface area contributed by atoms with Crippen LogP contribution in [0.4, 0.5) is 5.69 Å². The number of rotatable bonds is 1. The maximum Gasteiger partial charge on any atom is 0.126 e. The first-order valence-electron chi connectivity index (χ1n) is 7.23. The molecule has 4 heteroatoms. The van der Waals surface area contributed by atoms with Gasteiger partial charge in [-0.2, -0.15) is 0 Å². The molecular formula is C17H17N3S. The number of fused-ring (bicyclic) bond motifs is 2. The van der Waals surface area contributed by atoms with Crippen LogP contribution in [0.2, 0.25) is 0 Å². The number of hydrogen-bond donors (Lipinski definition) is 2. The molecule has 0 saturated carbocycles. The van der Waals surface area contributed by atoms with E-state index in [4.69, 9.17) is 16.5 Å². The van der Waals surface area contributed by atoms with Gasteiger partial charge in [0.05, 0.1) is 10.2 Å². The lowest BCUT2D eigenvalue weighted by molar-refractivity contribution is 0.577. The van der Waals surface area contributed by atoms with Crippen molar-refractivity contribution in [1.82, 2.24) is 4.98 Å². The molecule has 1 aliphatic rings. The summed E-state index contributed by atoms with van der Waals surface area (Å²) >= 11 is 1.69. The van der Waals surface area contributed by atoms with Crippen molar-refractivity contribution in [3.63, 3.8) is 0 Å². The molecule has 1 atom stereocenters. The zero-order chi connectivity index (χ0) is 14.4. The highest BCUT2D eigenvalue weighted by atomic mass is 32.1. The van der Waals surface area contributed by atoms with Gasteiger partial charge in [-0.15, -0.1) is 11.3 Å². The summed E-state index contributed by atoms with van der Waals surface area (Å²) in [7, 11) is 0. The number of nitrogens with zero attached hydrogens (tertiary/aromatic N) is 1. The van der Waals surface area contributed by atoms with Crippen molar-refractivity contribution in [2.24, 2.45) is 5.73 Å². The molecule has 0 bridgehead atoms. The van der Waals surface area contributed by atoms with Crippen LogP contribution in [0.3, 0.4) is 0 Å². The molecule has 0 aliphatic heterocycles. The highest BCUT2D eigenvalue weighted by Crippen LogP contribution is 2.36. The zero-order valence-corrected chi connectivity index (χ0v) is 12.5. The van der Waals surface area contributed by atoms with E-state index >= 15 is 0 Å². The number of nitrogen functional groups attached to an aromatic ring is 1. The number of anilines is 1. The van der Waals surface area contributed by atoms with E-state index in [2.05, 4.69) is 18.2 Å². The van der Waals surface area contributed by atoms with E-state index < -0.39 is 0 Å². The summed E-state index contributed by atoms with van der Waals surface area (Å²) in [5, 5.41) is 0.996. The van der Waals surface area contributed by atoms with E-state index in [1.54, 1.807) is 11.3 Å². The van der Waals surface area contributed by atoms with Gasteiger partial charge in [0.1, 0.15) is 5.01 Å². The highest BCUT2D eigenvalue weighted by molar-refractivity contribution is 7.21. The van der Waals surface area contributed by atoms with Crippen LogP contribution in [0.1, 0.15) is 17.5 Å². The lowest BCUT2D eigenvalue weighted by atomic mass is 9.87. The molecule has 0 spiro atoms. The van der Waals surface area contributed by atoms with Gasteiger partial charge in [-0.05, 0) is 54.7 Å². The fourth-order valence-electron chi connectivity index (χ4n) is 3.03. The maximum atomic E-state index is 6.27. The van der Waals surface area contributed by atoms with E-state index in [0.29, 0.717) is 0 Å². The topological polar surface area (TPSA) is 64.9 Å². The molecule has 1 aliphatic carbocycles. The Hall–Kier alpha value is -1.91. The molecule has 3 nitrogen and oxygen atoms in total. The number of hydrogen-bond acceptors (Lipinski definition) is 4. The minimum Gasteiger partial charge on any atom is -0.398 e. The van der Waals surface area contributed by atoms with Gasteiger partial charge in [0.15, 0.2) is 0 Å². The first-order valence-corrected chi connectivity index (χ1v) is 8.05. The van der Waals surface area contributed by atoms with Crippen molar-refractivity contribution in [3.05, 3.63) is 47.5 Å². The number of aryl methyl sites for hydroxylation is 1. The number of nitrogens with two attached hydrogens (primary N) is 2. The van der Waals surface area contributed by atoms with Crippen LogP contribution in [-0.2, 0) is 12.8 Å². The molecule has 3 aromatic rings. The van der Waals surface area contributed by atoms with Crippen LogP contribution in [0.5, 0.6) is 0 Å². The molecule has 1 aromatic heterocycles. The fourth-order valence-corrected chi connectivity index (χ4v) is 4.03. The summed E-state index contributed by atoms with van der Waals surface area (Å²) in [6, 6.07) is 12.8. The summed E-state index contributed by atoms with van der Waals surface area (Å²) in [6.45, 7) is 0. The van der Waals surface area contributed by atoms with Crippen LogP contribution in [-0.4, -0.2) is 11.0 Å². The summed E-state index contributed by atoms with van der Waals surface area (Å²) in [6.07, 6.45) is 3.02. The molecule has 21 heavy (non-hydrogen) atoms. The Kier molecular flexibility index (Phi) is 2.94. The third kappa shape index (κ3) is 2.20. The summed E-state index contributed by atoms with van der Waals surface area (Å²) in [5.41, 5.74) is 17.9. The van der Waals surface area contributed by atoms with E-state index in [0.717, 1.165) is 41.0 Å². The van der Waals surface area contributed by atoms with Gasteiger partial charge in [0.2, 0.25) is 0 Å². The second-order valence-electron chi connectivity index (χ2n) is 5.70. The Balaban J connectivity index is 1.86. The smallest absolute Gasteiger partial charge is 0.126 e. The molecule has 1 heterocycles. The van der Waals surface area contributed by atoms with E-state index in [9.17, 15) is 0 Å². The molecule has 0 saturated heterocycles. The van der Waals surface area contributed by atoms with Crippen molar-refractivity contribution in [3.8, 4) is 10.6 Å². The molecule has 4 N–H and O–H groups in total. The van der Waals surface area contributed by atoms with Crippen LogP contribution in [0.15, 0.2) is 36.4 Å². The summed E-state index contributed by atoms with van der Waals surface area (Å²) < 4.78 is 1.20. The predicted octanol–water partition coefficient (Wildman–Crippen LogP) is 3.36. The second-order valence-corrected chi connectivity index (χ2v) is 6.73. The van der Waals surface area contributed by atoms with Crippen molar-refractivity contribution < 1.29 is 0 Å². The van der Waals surface area contributed by atoms with Gasteiger partial charge in [0.25, 0.3) is 0 Å². The highest BCUT2D eigenvalue weighted by Gasteiger charge is 2.19. The standard InChI is InChI=1S/C17H17N3S/c18-12-6-5-10-9-14(19)13(8-11(10)7-12)17-20-15-3-1-2-4-16(15)21-17/h1-4,8-9,12H,5-7,18-19H2. The fraction of sp³-hybridized carbons (Fsp3) is 0.235. The first-order chi connectivity index (χ1) is 10.2. The predicted molar refractivity (Wildman–Crippen MR) is 89.5 cm³/mol. The van der Waals surface area contributed by atoms with Gasteiger partial charge in [-0.25, -0.2) is 4.98 Å². The quantitative estimate of drug-likeness (QED) is 0.677. The average molecular weight is 295 g/mol. The maximum absolute atomic E-state index is 6.27. The number of para-hydroxylation sites is 1. The SMILES string of the molecule is Nc1cc2c(cc1-c1nc3ccccc3s1)CC(N)CC2. The Morgan fingerprint density at radius 3 is 2.86 bits per heavy atom. The number of benzene rings is 2. The van der Waals surface area contributed by atoms with E-state index in [1.807, 2.05) is 18.2 Å². The van der Waals surface area contributed by atoms with E-state index in [-0.39, 0.29) is 6.04 Å². The van der Waals surface area contributed by atoms with Crippen LogP contribution >= 0.6 is 11.3 Å². The van der Waals surface area contributed by atoms with E-state index in [1.165, 1.54) is 15.8 Å². The first kappa shape index (κ1) is 12.8. The zero-order valence-electron chi connectivity index (χ0n) is 11.7. The van der Waals surface area contributed by atoms with Crippen molar-refractivity contribution >= 4 is 27.2 Å². The Bertz CT molecular complexity index is 789. The molecule has 106 valence electrons. The van der Waals surface area contributed by atoms with Crippen LogP contribution in [0, 0.1) is 0 Å². The lowest BCUT2D eigenvalue weighted by Crippen LogP contribution is -2.27. The Morgan fingerprint density at radius 1 is 1.14 bits per heavy atom. The number of thiazole rings is 1. The molecule has 0 fully saturated rings. The van der Waals surface area contributed by atoms with Gasteiger partial charge in [-0.3, -0.25) is 0 Å². The van der Waals surface area contributed by atoms with Crippen LogP contribution in [0.25, 0.3) is 20.8 Å². The molecule has 0 amide bonds. The summed E-state index contributed by atoms with van der Waals surface area (Å²) in [5.74, 6) is 0. The third-order valence-electron chi connectivity index (χ3n) is 4.16. The molecule has 0 radical (unpaired) electrons. The molecule has 1 unspecified atom stereocenters. The largest absolute Gasteiger partial charge is 0.398 e. The Labute approximate surface area is 127 Å². The Morgan fingerprint density at radius 2 is 2.00 bits per heavy atom. The summed E-state index contributed by atoms with van der Waals surface area (Å²) in [4.78, 5) is 4.72. The normalized spacial score (nSPS) is 17.9. The third-order valence-corrected chi connectivity index (χ3v) is 5.23. The minimum absolute atomic E-state index is 0.268. The monoisotopic (exact) mass is 295 g/mol. The molecule has 4 rings (SSSR count). The lowest BCUT2D eigenvalue weighted by Gasteiger charge is -2.22. The number of aromatic nitrogens is 1. The van der Waals surface area contributed by atoms with Gasteiger partial charge in [0, 0.05) is 17.3 Å². The average Bonchev–Trinajstić information content (AvgIpc) is 2.90. The van der Waals surface area contributed by atoms with Gasteiger partial charge >= 0.3 is 0 Å². The molecule has 2 aromatic carbocycles. The molecular weight excluding hydrogens is 278 g/mol. The minimum atomic E-state index is 0.268. The van der Waals surface area contributed by atoms with Gasteiger partial charge in [-0.1, -0.05) is 12.1 Å². The van der Waals surface area contributed by atoms with Crippen LogP contribution < -0.4 is 11.5 Å². The second kappa shape index (κ2) is 4.83. The van der Waals surface area contributed by atoms with Crippen molar-refractivity contribution in [2.75, 3.05) is 5.73 Å². The van der Waals surface area contributed by atoms with Crippen molar-refractivity contribution in [2.45, 2.75) is 25.3 Å². The van der Waals surface area contributed by atoms with Crippen molar-refractivity contribution in [1.29, 1.82) is 0 Å².